The van der Waals surface area contributed by atoms with E-state index in [1.54, 1.807) is 19.2 Å². The van der Waals surface area contributed by atoms with Crippen LogP contribution in [0, 0.1) is 6.92 Å². The van der Waals surface area contributed by atoms with Gasteiger partial charge in [-0.1, -0.05) is 6.08 Å². The summed E-state index contributed by atoms with van der Waals surface area (Å²) in [5.74, 6) is -0.592. The minimum atomic E-state index is -2.71. The summed E-state index contributed by atoms with van der Waals surface area (Å²) in [6.07, 6.45) is 1.85. The van der Waals surface area contributed by atoms with Gasteiger partial charge in [0, 0.05) is 18.7 Å². The number of nitrogens with zero attached hydrogens (tertiary/aromatic N) is 5. The molecule has 3 rings (SSSR count). The van der Waals surface area contributed by atoms with Gasteiger partial charge in [-0.15, -0.1) is 0 Å². The minimum absolute atomic E-state index is 0.0932. The number of hydrogen-bond acceptors (Lipinski definition) is 5. The van der Waals surface area contributed by atoms with Gasteiger partial charge in [0.05, 0.1) is 23.1 Å². The summed E-state index contributed by atoms with van der Waals surface area (Å²) in [4.78, 5) is 4.05. The van der Waals surface area contributed by atoms with Gasteiger partial charge in [-0.3, -0.25) is 0 Å². The zero-order valence-electron chi connectivity index (χ0n) is 12.7. The Labute approximate surface area is 135 Å². The van der Waals surface area contributed by atoms with Crippen LogP contribution < -0.4 is 5.53 Å². The lowest BCUT2D eigenvalue weighted by Crippen LogP contribution is -2.09. The van der Waals surface area contributed by atoms with Crippen LogP contribution in [0.3, 0.4) is 0 Å². The number of alkyl halides is 2. The molecule has 0 aliphatic heterocycles. The zero-order chi connectivity index (χ0) is 17.3. The van der Waals surface area contributed by atoms with Gasteiger partial charge in [-0.25, -0.2) is 22.7 Å². The summed E-state index contributed by atoms with van der Waals surface area (Å²) in [6.45, 7) is 4.86. The highest BCUT2D eigenvalue weighted by Gasteiger charge is 2.20. The fourth-order valence-corrected chi connectivity index (χ4v) is 2.37. The van der Waals surface area contributed by atoms with Crippen LogP contribution in [0.5, 0.6) is 0 Å². The highest BCUT2D eigenvalue weighted by Crippen LogP contribution is 2.29. The molecule has 6 nitrogen and oxygen atoms in total. The zero-order valence-corrected chi connectivity index (χ0v) is 12.7. The molecular weight excluding hydrogens is 321 g/mol. The standard InChI is InChI=1S/C15H13F3N6/c1-8-7-24-15(20-8)10(14(17)18)6-13(22-24)9-3-4-12(11(16)5-9)21-23-19-2/h3,5-7,14,23H,2,4H2,1H3/b21-12+. The normalized spacial score (nSPS) is 16.5. The predicted molar refractivity (Wildman–Crippen MR) is 84.6 cm³/mol. The van der Waals surface area contributed by atoms with Gasteiger partial charge in [-0.2, -0.15) is 20.8 Å². The number of hydrogen-bond donors (Lipinski definition) is 1. The summed E-state index contributed by atoms with van der Waals surface area (Å²) >= 11 is 0. The molecule has 2 aromatic rings. The number of halogens is 3. The molecule has 1 N–H and O–H groups in total. The molecule has 0 atom stereocenters. The van der Waals surface area contributed by atoms with Crippen molar-refractivity contribution in [1.82, 2.24) is 20.1 Å². The Bertz CT molecular complexity index is 894. The highest BCUT2D eigenvalue weighted by atomic mass is 19.3. The van der Waals surface area contributed by atoms with Crippen molar-refractivity contribution in [2.75, 3.05) is 0 Å². The molecule has 1 aliphatic rings. The second kappa shape index (κ2) is 6.26. The van der Waals surface area contributed by atoms with Gasteiger partial charge in [-0.05, 0) is 19.1 Å². The first kappa shape index (κ1) is 15.9. The lowest BCUT2D eigenvalue weighted by Gasteiger charge is -2.12. The van der Waals surface area contributed by atoms with Crippen LogP contribution in [0.25, 0.3) is 11.2 Å². The molecule has 9 heteroatoms. The Hall–Kier alpha value is -2.97. The van der Waals surface area contributed by atoms with E-state index in [1.165, 1.54) is 16.7 Å². The lowest BCUT2D eigenvalue weighted by atomic mass is 10.0. The van der Waals surface area contributed by atoms with E-state index in [0.29, 0.717) is 11.3 Å². The van der Waals surface area contributed by atoms with Gasteiger partial charge in [0.25, 0.3) is 6.43 Å². The summed E-state index contributed by atoms with van der Waals surface area (Å²) in [5, 5.41) is 11.2. The fraction of sp³-hybridized carbons (Fsp3) is 0.200. The first-order valence-corrected chi connectivity index (χ1v) is 7.00. The van der Waals surface area contributed by atoms with Gasteiger partial charge in [0.15, 0.2) is 5.65 Å². The Morgan fingerprint density at radius 1 is 1.42 bits per heavy atom. The summed E-state index contributed by atoms with van der Waals surface area (Å²) in [7, 11) is 0. The monoisotopic (exact) mass is 334 g/mol. The second-order valence-corrected chi connectivity index (χ2v) is 5.11. The van der Waals surface area contributed by atoms with Crippen molar-refractivity contribution >= 4 is 23.6 Å². The maximum absolute atomic E-state index is 14.1. The average Bonchev–Trinajstić information content (AvgIpc) is 2.92. The van der Waals surface area contributed by atoms with Crippen LogP contribution in [0.4, 0.5) is 13.2 Å². The van der Waals surface area contributed by atoms with Gasteiger partial charge < -0.3 is 0 Å². The number of rotatable bonds is 4. The number of nitrogens with one attached hydrogen (secondary N) is 1. The molecule has 0 bridgehead atoms. The van der Waals surface area contributed by atoms with Crippen LogP contribution >= 0.6 is 0 Å². The third-order valence-electron chi connectivity index (χ3n) is 3.43. The first-order chi connectivity index (χ1) is 11.5. The maximum atomic E-state index is 14.1. The molecule has 0 unspecified atom stereocenters. The van der Waals surface area contributed by atoms with Gasteiger partial charge >= 0.3 is 0 Å². The summed E-state index contributed by atoms with van der Waals surface area (Å²) in [5.41, 5.74) is 3.40. The number of fused-ring (bicyclic) bond motifs is 1. The molecule has 24 heavy (non-hydrogen) atoms. The van der Waals surface area contributed by atoms with Crippen molar-refractivity contribution in [2.24, 2.45) is 10.2 Å². The lowest BCUT2D eigenvalue weighted by molar-refractivity contribution is 0.152. The van der Waals surface area contributed by atoms with Crippen LogP contribution in [-0.4, -0.2) is 27.0 Å². The van der Waals surface area contributed by atoms with E-state index >= 15 is 0 Å². The molecule has 2 aromatic heterocycles. The molecule has 0 amide bonds. The Kier molecular flexibility index (Phi) is 4.15. The Morgan fingerprint density at radius 3 is 2.88 bits per heavy atom. The van der Waals surface area contributed by atoms with Crippen LogP contribution in [0.1, 0.15) is 29.8 Å². The summed E-state index contributed by atoms with van der Waals surface area (Å²) < 4.78 is 42.0. The van der Waals surface area contributed by atoms with E-state index in [-0.39, 0.29) is 29.0 Å². The van der Waals surface area contributed by atoms with E-state index in [0.717, 1.165) is 0 Å². The van der Waals surface area contributed by atoms with Crippen LogP contribution in [0.2, 0.25) is 0 Å². The molecule has 1 aliphatic carbocycles. The topological polar surface area (TPSA) is 66.9 Å². The molecule has 0 aromatic carbocycles. The van der Waals surface area contributed by atoms with E-state index < -0.39 is 12.3 Å². The van der Waals surface area contributed by atoms with Crippen LogP contribution in [-0.2, 0) is 0 Å². The van der Waals surface area contributed by atoms with E-state index in [2.05, 4.69) is 32.5 Å². The molecule has 0 saturated carbocycles. The van der Waals surface area contributed by atoms with Crippen molar-refractivity contribution in [3.63, 3.8) is 0 Å². The fourth-order valence-electron chi connectivity index (χ4n) is 2.37. The highest BCUT2D eigenvalue weighted by molar-refractivity contribution is 6.04. The smallest absolute Gasteiger partial charge is 0.232 e. The molecule has 0 fully saturated rings. The molecule has 0 spiro atoms. The van der Waals surface area contributed by atoms with Crippen molar-refractivity contribution in [3.05, 3.63) is 47.2 Å². The van der Waals surface area contributed by atoms with E-state index in [1.807, 2.05) is 0 Å². The molecular formula is C15H13F3N6. The minimum Gasteiger partial charge on any atom is -0.232 e. The van der Waals surface area contributed by atoms with Crippen molar-refractivity contribution in [3.8, 4) is 0 Å². The maximum Gasteiger partial charge on any atom is 0.267 e. The predicted octanol–water partition coefficient (Wildman–Crippen LogP) is 3.18. The Balaban J connectivity index is 2.04. The first-order valence-electron chi connectivity index (χ1n) is 7.00. The third kappa shape index (κ3) is 2.92. The van der Waals surface area contributed by atoms with Crippen molar-refractivity contribution in [2.45, 2.75) is 19.8 Å². The second-order valence-electron chi connectivity index (χ2n) is 5.11. The third-order valence-corrected chi connectivity index (χ3v) is 3.43. The Morgan fingerprint density at radius 2 is 2.21 bits per heavy atom. The van der Waals surface area contributed by atoms with E-state index in [9.17, 15) is 13.2 Å². The molecule has 0 radical (unpaired) electrons. The number of hydrazone groups is 2. The number of imidazole rings is 1. The molecule has 124 valence electrons. The van der Waals surface area contributed by atoms with Crippen molar-refractivity contribution < 1.29 is 13.2 Å². The van der Waals surface area contributed by atoms with Crippen LogP contribution in [0.15, 0.2) is 40.4 Å². The van der Waals surface area contributed by atoms with E-state index in [4.69, 9.17) is 0 Å². The quantitative estimate of drug-likeness (QED) is 0.690. The molecule has 0 saturated heterocycles. The number of aromatic nitrogens is 3. The largest absolute Gasteiger partial charge is 0.267 e. The van der Waals surface area contributed by atoms with Gasteiger partial charge in [0.1, 0.15) is 11.5 Å². The average molecular weight is 334 g/mol. The van der Waals surface area contributed by atoms with Gasteiger partial charge in [0.2, 0.25) is 0 Å². The van der Waals surface area contributed by atoms with Crippen molar-refractivity contribution in [1.29, 1.82) is 0 Å². The molecule has 2 heterocycles. The SMILES string of the molecule is C=NN/N=C1\CC=C(c2cc(C(F)F)c3nc(C)cn3n2)C=C1F. The summed E-state index contributed by atoms with van der Waals surface area (Å²) in [6, 6.07) is 1.23. The number of allylic oxidation sites excluding steroid dienone is 4. The number of aryl methyl sites for hydroxylation is 1.